The van der Waals surface area contributed by atoms with Crippen LogP contribution < -0.4 is 0 Å². The molecule has 5 heteroatoms. The van der Waals surface area contributed by atoms with Gasteiger partial charge in [-0.15, -0.1) is 0 Å². The van der Waals surface area contributed by atoms with Crippen LogP contribution in [0.4, 0.5) is 0 Å². The van der Waals surface area contributed by atoms with Gasteiger partial charge in [0.25, 0.3) is 0 Å². The van der Waals surface area contributed by atoms with Gasteiger partial charge in [0.2, 0.25) is 0 Å². The number of hydrogen-bond donors (Lipinski definition) is 2. The van der Waals surface area contributed by atoms with Crippen molar-refractivity contribution in [3.05, 3.63) is 0 Å². The molecule has 1 rings (SSSR count). The summed E-state index contributed by atoms with van der Waals surface area (Å²) in [7, 11) is -1.95. The van der Waals surface area contributed by atoms with Crippen LogP contribution in [0.2, 0.25) is 18.1 Å². The number of aliphatic hydroxyl groups is 2. The Kier molecular flexibility index (Phi) is 5.24. The molecule has 1 saturated heterocycles. The highest BCUT2D eigenvalue weighted by atomic mass is 28.4. The third-order valence-electron chi connectivity index (χ3n) is 4.78. The lowest BCUT2D eigenvalue weighted by atomic mass is 9.89. The molecule has 2 N–H and O–H groups in total. The second kappa shape index (κ2) is 5.82. The van der Waals surface area contributed by atoms with E-state index in [1.807, 2.05) is 13.8 Å². The van der Waals surface area contributed by atoms with Crippen LogP contribution in [0.15, 0.2) is 0 Å². The molecule has 5 atom stereocenters. The number of hydrogen-bond acceptors (Lipinski definition) is 4. The Morgan fingerprint density at radius 2 is 1.74 bits per heavy atom. The topological polar surface area (TPSA) is 58.9 Å². The lowest BCUT2D eigenvalue weighted by molar-refractivity contribution is -0.196. The van der Waals surface area contributed by atoms with Crippen molar-refractivity contribution in [3.63, 3.8) is 0 Å². The van der Waals surface area contributed by atoms with Crippen LogP contribution in [0, 0.1) is 5.92 Å². The molecular formula is C14H30O4Si. The fraction of sp³-hybridized carbons (Fsp3) is 1.00. The Morgan fingerprint density at radius 3 is 2.16 bits per heavy atom. The maximum absolute atomic E-state index is 10.4. The first-order valence-corrected chi connectivity index (χ1v) is 10.0. The van der Waals surface area contributed by atoms with Crippen molar-refractivity contribution < 1.29 is 19.4 Å². The SMILES string of the molecule is CC1[C@H](C)OC(CO)[C@H](O)[C@@H]1O[Si](C)(C)C(C)(C)C. The summed E-state index contributed by atoms with van der Waals surface area (Å²) < 4.78 is 12.0. The second-order valence-corrected chi connectivity index (χ2v) is 12.0. The van der Waals surface area contributed by atoms with Crippen molar-refractivity contribution in [1.29, 1.82) is 0 Å². The maximum Gasteiger partial charge on any atom is 0.192 e. The summed E-state index contributed by atoms with van der Waals surface area (Å²) in [5.41, 5.74) is 0. The Balaban J connectivity index is 2.90. The fourth-order valence-corrected chi connectivity index (χ4v) is 3.50. The minimum absolute atomic E-state index is 0.0182. The molecule has 4 nitrogen and oxygen atoms in total. The van der Waals surface area contributed by atoms with Gasteiger partial charge in [-0.1, -0.05) is 27.7 Å². The third kappa shape index (κ3) is 3.58. The minimum atomic E-state index is -1.95. The molecule has 0 spiro atoms. The van der Waals surface area contributed by atoms with Crippen molar-refractivity contribution in [1.82, 2.24) is 0 Å². The molecular weight excluding hydrogens is 260 g/mol. The van der Waals surface area contributed by atoms with Crippen LogP contribution >= 0.6 is 0 Å². The van der Waals surface area contributed by atoms with E-state index in [2.05, 4.69) is 33.9 Å². The standard InChI is InChI=1S/C14H30O4Si/c1-9-10(2)17-11(8-15)12(16)13(9)18-19(6,7)14(3,4)5/h9-13,15-16H,8H2,1-7H3/t9?,10-,11?,12-,13+/m0/s1. The molecule has 1 heterocycles. The van der Waals surface area contributed by atoms with E-state index >= 15 is 0 Å². The summed E-state index contributed by atoms with van der Waals surface area (Å²) in [5.74, 6) is 0.118. The van der Waals surface area contributed by atoms with E-state index in [4.69, 9.17) is 9.16 Å². The lowest BCUT2D eigenvalue weighted by Crippen LogP contribution is -2.59. The maximum atomic E-state index is 10.4. The van der Waals surface area contributed by atoms with Gasteiger partial charge in [0, 0.05) is 5.92 Å². The zero-order valence-electron chi connectivity index (χ0n) is 13.3. The molecule has 0 aromatic rings. The van der Waals surface area contributed by atoms with Crippen LogP contribution in [0.5, 0.6) is 0 Å². The molecule has 1 fully saturated rings. The van der Waals surface area contributed by atoms with Gasteiger partial charge in [0.1, 0.15) is 12.2 Å². The zero-order chi connectivity index (χ0) is 15.0. The largest absolute Gasteiger partial charge is 0.411 e. The van der Waals surface area contributed by atoms with Crippen LogP contribution in [-0.2, 0) is 9.16 Å². The third-order valence-corrected chi connectivity index (χ3v) is 9.26. The normalized spacial score (nSPS) is 37.4. The molecule has 0 aromatic heterocycles. The first-order valence-electron chi connectivity index (χ1n) is 7.13. The summed E-state index contributed by atoms with van der Waals surface area (Å²) in [5, 5.41) is 19.8. The Bertz CT molecular complexity index is 300. The van der Waals surface area contributed by atoms with E-state index in [9.17, 15) is 10.2 Å². The van der Waals surface area contributed by atoms with Crippen molar-refractivity contribution in [2.45, 2.75) is 77.2 Å². The van der Waals surface area contributed by atoms with Crippen molar-refractivity contribution in [2.24, 2.45) is 5.92 Å². The second-order valence-electron chi connectivity index (χ2n) is 7.25. The van der Waals surface area contributed by atoms with Gasteiger partial charge in [-0.2, -0.15) is 0 Å². The highest BCUT2D eigenvalue weighted by Crippen LogP contribution is 2.40. The van der Waals surface area contributed by atoms with Gasteiger partial charge in [-0.25, -0.2) is 0 Å². The average Bonchev–Trinajstić information content (AvgIpc) is 2.27. The predicted octanol–water partition coefficient (Wildman–Crippen LogP) is 2.15. The highest BCUT2D eigenvalue weighted by molar-refractivity contribution is 6.74. The van der Waals surface area contributed by atoms with Gasteiger partial charge < -0.3 is 19.4 Å². The molecule has 1 aliphatic rings. The summed E-state index contributed by atoms with van der Waals surface area (Å²) in [4.78, 5) is 0. The lowest BCUT2D eigenvalue weighted by Gasteiger charge is -2.47. The van der Waals surface area contributed by atoms with E-state index in [0.717, 1.165) is 0 Å². The minimum Gasteiger partial charge on any atom is -0.411 e. The number of ether oxygens (including phenoxy) is 1. The summed E-state index contributed by atoms with van der Waals surface area (Å²) in [6.45, 7) is 14.8. The molecule has 1 aliphatic heterocycles. The van der Waals surface area contributed by atoms with Gasteiger partial charge in [0.05, 0.1) is 18.8 Å². The zero-order valence-corrected chi connectivity index (χ0v) is 14.3. The van der Waals surface area contributed by atoms with Crippen LogP contribution in [0.1, 0.15) is 34.6 Å². The fourth-order valence-electron chi connectivity index (χ4n) is 2.11. The van der Waals surface area contributed by atoms with Crippen molar-refractivity contribution in [3.8, 4) is 0 Å². The molecule has 2 unspecified atom stereocenters. The molecule has 0 amide bonds. The Labute approximate surface area is 118 Å². The average molecular weight is 290 g/mol. The summed E-state index contributed by atoms with van der Waals surface area (Å²) >= 11 is 0. The summed E-state index contributed by atoms with van der Waals surface area (Å²) in [6.07, 6.45) is -1.58. The molecule has 0 bridgehead atoms. The van der Waals surface area contributed by atoms with E-state index in [-0.39, 0.29) is 29.8 Å². The smallest absolute Gasteiger partial charge is 0.192 e. The quantitative estimate of drug-likeness (QED) is 0.782. The Hall–Kier alpha value is 0.0569. The van der Waals surface area contributed by atoms with Crippen molar-refractivity contribution >= 4 is 8.32 Å². The molecule has 0 radical (unpaired) electrons. The van der Waals surface area contributed by atoms with Crippen LogP contribution in [0.25, 0.3) is 0 Å². The van der Waals surface area contributed by atoms with Crippen LogP contribution in [0.3, 0.4) is 0 Å². The monoisotopic (exact) mass is 290 g/mol. The number of rotatable bonds is 3. The first kappa shape index (κ1) is 17.1. The van der Waals surface area contributed by atoms with Gasteiger partial charge in [0.15, 0.2) is 8.32 Å². The van der Waals surface area contributed by atoms with E-state index in [1.54, 1.807) is 0 Å². The molecule has 19 heavy (non-hydrogen) atoms. The number of aliphatic hydroxyl groups excluding tert-OH is 2. The summed E-state index contributed by atoms with van der Waals surface area (Å²) in [6, 6.07) is 0. The van der Waals surface area contributed by atoms with E-state index in [1.165, 1.54) is 0 Å². The predicted molar refractivity (Wildman–Crippen MR) is 78.7 cm³/mol. The van der Waals surface area contributed by atoms with Gasteiger partial charge in [-0.3, -0.25) is 0 Å². The highest BCUT2D eigenvalue weighted by Gasteiger charge is 2.47. The van der Waals surface area contributed by atoms with E-state index in [0.29, 0.717) is 0 Å². The van der Waals surface area contributed by atoms with Crippen molar-refractivity contribution in [2.75, 3.05) is 6.61 Å². The van der Waals surface area contributed by atoms with Gasteiger partial charge in [-0.05, 0) is 25.1 Å². The molecule has 114 valence electrons. The Morgan fingerprint density at radius 1 is 1.21 bits per heavy atom. The first-order chi connectivity index (χ1) is 8.51. The molecule has 0 aromatic carbocycles. The van der Waals surface area contributed by atoms with Gasteiger partial charge >= 0.3 is 0 Å². The molecule has 0 saturated carbocycles. The van der Waals surface area contributed by atoms with Crippen LogP contribution in [-0.4, -0.2) is 49.6 Å². The molecule has 0 aliphatic carbocycles. The van der Waals surface area contributed by atoms with E-state index < -0.39 is 20.5 Å².